The summed E-state index contributed by atoms with van der Waals surface area (Å²) in [4.78, 5) is 0. The molecule has 0 unspecified atom stereocenters. The molecule has 10 aromatic carbocycles. The Hall–Kier alpha value is -9.22. The van der Waals surface area contributed by atoms with Crippen LogP contribution in [0.1, 0.15) is 124 Å². The Morgan fingerprint density at radius 2 is 0.789 bits per heavy atom. The van der Waals surface area contributed by atoms with Crippen LogP contribution in [0.4, 0.5) is 0 Å². The largest absolute Gasteiger partial charge is 0.457 e. The average molecular weight is 898 g/mol. The number of para-hydroxylation sites is 2. The fraction of sp³-hybridized carbons (Fsp3) is 0.0746. The van der Waals surface area contributed by atoms with Gasteiger partial charge in [0.25, 0.3) is 0 Å². The van der Waals surface area contributed by atoms with Crippen molar-refractivity contribution in [1.29, 1.82) is 10.5 Å². The summed E-state index contributed by atoms with van der Waals surface area (Å²) >= 11 is 0. The highest BCUT2D eigenvalue weighted by atomic mass is 16.5. The highest BCUT2D eigenvalue weighted by Crippen LogP contribution is 2.68. The summed E-state index contributed by atoms with van der Waals surface area (Å²) in [6.07, 6.45) is 0. The van der Waals surface area contributed by atoms with E-state index in [4.69, 9.17) is 4.74 Å². The summed E-state index contributed by atoms with van der Waals surface area (Å²) < 4.78 is 9.42. The van der Waals surface area contributed by atoms with Gasteiger partial charge in [-0.25, -0.2) is 0 Å². The fourth-order valence-electron chi connectivity index (χ4n) is 15.8. The van der Waals surface area contributed by atoms with E-state index in [0.29, 0.717) is 11.1 Å². The Morgan fingerprint density at radius 1 is 0.394 bits per heavy atom. The number of benzene rings is 10. The molecule has 71 heavy (non-hydrogen) atoms. The number of rotatable bonds is 0. The maximum Gasteiger partial charge on any atom is 0.132 e. The zero-order valence-electron chi connectivity index (χ0n) is 38.0. The Bertz CT molecular complexity index is 4490. The first kappa shape index (κ1) is 36.8. The number of nitrogens with zero attached hydrogens (tertiary/aromatic N) is 3. The van der Waals surface area contributed by atoms with Crippen molar-refractivity contribution in [1.82, 2.24) is 4.40 Å². The molecule has 1 aliphatic heterocycles. The molecule has 2 aromatic heterocycles. The first-order valence-electron chi connectivity index (χ1n) is 24.8. The number of nitriles is 2. The monoisotopic (exact) mass is 897 g/mol. The molecular weight excluding hydrogens is 863 g/mol. The van der Waals surface area contributed by atoms with Gasteiger partial charge in [-0.3, -0.25) is 0 Å². The molecule has 12 aromatic rings. The number of hydrogen-bond acceptors (Lipinski definition) is 3. The maximum atomic E-state index is 11.6. The quantitative estimate of drug-likeness (QED) is 0.152. The maximum absolute atomic E-state index is 11.6. The van der Waals surface area contributed by atoms with Gasteiger partial charge in [0, 0.05) is 56.3 Å². The molecule has 0 saturated carbocycles. The van der Waals surface area contributed by atoms with Crippen molar-refractivity contribution in [3.05, 3.63) is 288 Å². The van der Waals surface area contributed by atoms with Crippen molar-refractivity contribution in [3.63, 3.8) is 0 Å². The Kier molecular flexibility index (Phi) is 6.38. The van der Waals surface area contributed by atoms with Gasteiger partial charge in [0.2, 0.25) is 0 Å². The van der Waals surface area contributed by atoms with E-state index in [1.54, 1.807) is 0 Å². The lowest BCUT2D eigenvalue weighted by Crippen LogP contribution is -2.32. The highest BCUT2D eigenvalue weighted by Gasteiger charge is 2.54. The van der Waals surface area contributed by atoms with Gasteiger partial charge in [-0.2, -0.15) is 10.5 Å². The smallest absolute Gasteiger partial charge is 0.132 e. The molecule has 0 radical (unpaired) electrons. The van der Waals surface area contributed by atoms with Crippen molar-refractivity contribution in [2.24, 2.45) is 0 Å². The first-order chi connectivity index (χ1) is 35.2. The highest BCUT2D eigenvalue weighted by molar-refractivity contribution is 6.29. The van der Waals surface area contributed by atoms with Crippen LogP contribution in [-0.4, -0.2) is 4.40 Å². The second kappa shape index (κ2) is 12.3. The van der Waals surface area contributed by atoms with Crippen molar-refractivity contribution in [2.45, 2.75) is 29.1 Å². The van der Waals surface area contributed by atoms with E-state index in [1.165, 1.54) is 99.4 Å². The second-order valence-electron chi connectivity index (χ2n) is 20.6. The van der Waals surface area contributed by atoms with Gasteiger partial charge < -0.3 is 9.14 Å². The van der Waals surface area contributed by atoms with Gasteiger partial charge in [-0.1, -0.05) is 158 Å². The van der Waals surface area contributed by atoms with Gasteiger partial charge in [0.15, 0.2) is 0 Å². The van der Waals surface area contributed by atoms with E-state index in [1.807, 2.05) is 0 Å². The van der Waals surface area contributed by atoms with Crippen molar-refractivity contribution in [2.75, 3.05) is 0 Å². The molecule has 324 valence electrons. The zero-order valence-corrected chi connectivity index (χ0v) is 38.0. The summed E-state index contributed by atoms with van der Waals surface area (Å²) in [5, 5.41) is 27.9. The van der Waals surface area contributed by atoms with E-state index >= 15 is 0 Å². The number of ether oxygens (including phenoxy) is 1. The lowest BCUT2D eigenvalue weighted by atomic mass is 9.59. The van der Waals surface area contributed by atoms with Crippen LogP contribution in [0.3, 0.4) is 0 Å². The minimum atomic E-state index is -0.762. The zero-order chi connectivity index (χ0) is 46.2. The number of hydrogen-bond donors (Lipinski definition) is 0. The summed E-state index contributed by atoms with van der Waals surface area (Å²) in [5.41, 5.74) is 26.1. The molecule has 20 rings (SSSR count). The van der Waals surface area contributed by atoms with E-state index in [-0.39, 0.29) is 23.7 Å². The molecule has 4 heteroatoms. The topological polar surface area (TPSA) is 61.2 Å². The molecule has 0 atom stereocenters. The lowest BCUT2D eigenvalue weighted by molar-refractivity contribution is 0.437. The fourth-order valence-corrected chi connectivity index (χ4v) is 15.8. The van der Waals surface area contributed by atoms with E-state index in [0.717, 1.165) is 50.3 Å². The van der Waals surface area contributed by atoms with Crippen LogP contribution >= 0.6 is 0 Å². The normalized spacial score (nSPS) is 18.9. The van der Waals surface area contributed by atoms with Crippen LogP contribution in [0.5, 0.6) is 11.5 Å². The van der Waals surface area contributed by atoms with Crippen LogP contribution < -0.4 is 4.74 Å². The molecule has 4 nitrogen and oxygen atoms in total. The van der Waals surface area contributed by atoms with Crippen LogP contribution in [0.2, 0.25) is 0 Å². The van der Waals surface area contributed by atoms with Crippen molar-refractivity contribution in [3.8, 4) is 34.8 Å². The third kappa shape index (κ3) is 3.91. The summed E-state index contributed by atoms with van der Waals surface area (Å²) in [5.74, 6) is 1.36. The number of aromatic nitrogens is 1. The Labute approximate surface area is 407 Å². The molecule has 4 bridgehead atoms. The minimum absolute atomic E-state index is 0.0670. The molecule has 1 spiro atoms. The summed E-state index contributed by atoms with van der Waals surface area (Å²) in [6, 6.07) is 74.7. The summed E-state index contributed by atoms with van der Waals surface area (Å²) in [6.45, 7) is 0. The molecule has 0 fully saturated rings. The van der Waals surface area contributed by atoms with E-state index < -0.39 is 5.41 Å². The molecule has 3 heterocycles. The first-order valence-corrected chi connectivity index (χ1v) is 24.8. The summed E-state index contributed by atoms with van der Waals surface area (Å²) in [7, 11) is 0. The molecule has 0 N–H and O–H groups in total. The van der Waals surface area contributed by atoms with Crippen molar-refractivity contribution < 1.29 is 4.74 Å². The van der Waals surface area contributed by atoms with Crippen LogP contribution in [0.25, 0.3) is 49.2 Å². The molecule has 0 amide bonds. The lowest BCUT2D eigenvalue weighted by Gasteiger charge is -2.43. The molecule has 0 saturated heterocycles. The van der Waals surface area contributed by atoms with Gasteiger partial charge >= 0.3 is 0 Å². The molecule has 7 aliphatic carbocycles. The van der Waals surface area contributed by atoms with Crippen molar-refractivity contribution >= 4 is 38.1 Å². The van der Waals surface area contributed by atoms with Gasteiger partial charge in [-0.05, 0) is 119 Å². The SMILES string of the molecule is N#Cc1cc2c(c3c1C1c4ccccc4C3c3ccccc31)c1cc3c(c4c5c6c(c(C#N)cc5n2c14)C1c2ccccc2C6c2ccccc21)C1(c2ccccc2Oc2ccccc21)c1ccccc1-3. The Balaban J connectivity index is 1.12. The van der Waals surface area contributed by atoms with Gasteiger partial charge in [0.1, 0.15) is 11.5 Å². The van der Waals surface area contributed by atoms with Gasteiger partial charge in [0.05, 0.1) is 45.2 Å². The third-order valence-electron chi connectivity index (χ3n) is 18.0. The number of fused-ring (bicyclic) bond motifs is 16. The molecule has 8 aliphatic rings. The van der Waals surface area contributed by atoms with Gasteiger partial charge in [-0.15, -0.1) is 0 Å². The second-order valence-corrected chi connectivity index (χ2v) is 20.6. The molecular formula is C67H35N3O. The van der Waals surface area contributed by atoms with E-state index in [9.17, 15) is 10.5 Å². The minimum Gasteiger partial charge on any atom is -0.457 e. The third-order valence-corrected chi connectivity index (χ3v) is 18.0. The van der Waals surface area contributed by atoms with Crippen LogP contribution in [0.15, 0.2) is 188 Å². The van der Waals surface area contributed by atoms with Crippen LogP contribution in [-0.2, 0) is 5.41 Å². The predicted octanol–water partition coefficient (Wildman–Crippen LogP) is 15.0. The Morgan fingerprint density at radius 3 is 1.27 bits per heavy atom. The van der Waals surface area contributed by atoms with E-state index in [2.05, 4.69) is 205 Å². The predicted molar refractivity (Wildman–Crippen MR) is 277 cm³/mol. The average Bonchev–Trinajstić information content (AvgIpc) is 4.16. The standard InChI is InChI=1S/C67H35N3O/c68-32-34-29-50-60(62-54(34)56-37-16-1-5-20-41(37)58(62)42-21-6-2-17-38(42)56)46-31-45-36-15-9-10-24-47(36)67(48-25-11-13-27-52(48)71-53-28-14-12-26-49(53)67)65(45)64-61-51(70(50)66(46)64)30-35(33-69)55-57-39-18-3-7-22-43(39)59(63(55)61)44-23-8-4-19-40(44)57/h1-31,56-59H. The van der Waals surface area contributed by atoms with Crippen LogP contribution in [0, 0.1) is 22.7 Å².